The summed E-state index contributed by atoms with van der Waals surface area (Å²) in [6.45, 7) is 7.21. The predicted octanol–water partition coefficient (Wildman–Crippen LogP) is 2.99. The Bertz CT molecular complexity index is 649. The van der Waals surface area contributed by atoms with Gasteiger partial charge in [0.05, 0.1) is 17.4 Å². The molecule has 0 fully saturated rings. The van der Waals surface area contributed by atoms with E-state index in [1.165, 1.54) is 6.07 Å². The highest BCUT2D eigenvalue weighted by Gasteiger charge is 2.23. The van der Waals surface area contributed by atoms with Crippen LogP contribution in [-0.2, 0) is 19.3 Å². The van der Waals surface area contributed by atoms with E-state index in [1.54, 1.807) is 12.2 Å². The Labute approximate surface area is 117 Å². The van der Waals surface area contributed by atoms with Crippen molar-refractivity contribution in [3.05, 3.63) is 63.7 Å². The smallest absolute Gasteiger partial charge is 0.258 e. The van der Waals surface area contributed by atoms with Crippen molar-refractivity contribution in [2.24, 2.45) is 0 Å². The highest BCUT2D eigenvalue weighted by Crippen LogP contribution is 2.30. The zero-order valence-electron chi connectivity index (χ0n) is 10.9. The minimum absolute atomic E-state index is 0.00737. The maximum Gasteiger partial charge on any atom is 0.287 e. The van der Waals surface area contributed by atoms with Gasteiger partial charge in [-0.3, -0.25) is 10.1 Å². The average Bonchev–Trinajstić information content (AvgIpc) is 2.42. The average molecular weight is 267 g/mol. The molecular weight excluding hydrogens is 254 g/mol. The number of hydrogen-bond donors (Lipinski definition) is 0. The predicted molar refractivity (Wildman–Crippen MR) is 74.9 cm³/mol. The Morgan fingerprint density at radius 3 is 2.35 bits per heavy atom. The summed E-state index contributed by atoms with van der Waals surface area (Å²) in [5.74, 6) is 0. The summed E-state index contributed by atoms with van der Waals surface area (Å²) >= 11 is 0. The molecule has 0 radical (unpaired) electrons. The molecule has 0 atom stereocenters. The van der Waals surface area contributed by atoms with E-state index in [9.17, 15) is 15.4 Å². The van der Waals surface area contributed by atoms with Gasteiger partial charge in [-0.05, 0) is 29.5 Å². The lowest BCUT2D eigenvalue weighted by atomic mass is 9.90. The molecule has 1 aromatic rings. The molecule has 0 aliphatic heterocycles. The van der Waals surface area contributed by atoms with Gasteiger partial charge in [0.15, 0.2) is 0 Å². The maximum atomic E-state index is 11.1. The molecule has 100 valence electrons. The molecule has 20 heavy (non-hydrogen) atoms. The van der Waals surface area contributed by atoms with E-state index in [1.807, 2.05) is 12.1 Å². The van der Waals surface area contributed by atoms with Gasteiger partial charge < -0.3 is 0 Å². The van der Waals surface area contributed by atoms with E-state index in [0.717, 1.165) is 0 Å². The van der Waals surface area contributed by atoms with Crippen LogP contribution >= 0.6 is 0 Å². The van der Waals surface area contributed by atoms with Gasteiger partial charge in [0.2, 0.25) is 0 Å². The molecule has 0 heterocycles. The van der Waals surface area contributed by atoms with E-state index >= 15 is 0 Å². The molecule has 0 aromatic heterocycles. The lowest BCUT2D eigenvalue weighted by Gasteiger charge is -2.13. The van der Waals surface area contributed by atoms with Crippen LogP contribution in [0.5, 0.6) is 0 Å². The molecule has 0 saturated heterocycles. The van der Waals surface area contributed by atoms with Crippen LogP contribution in [0, 0.1) is 32.8 Å². The molecule has 0 amide bonds. The van der Waals surface area contributed by atoms with Gasteiger partial charge in [0, 0.05) is 6.07 Å². The van der Waals surface area contributed by atoms with Gasteiger partial charge in [-0.1, -0.05) is 12.2 Å². The monoisotopic (exact) mass is 267 g/mol. The van der Waals surface area contributed by atoms with Crippen molar-refractivity contribution in [1.82, 2.24) is 0 Å². The minimum atomic E-state index is -0.576. The Morgan fingerprint density at radius 2 is 1.90 bits per heavy atom. The Morgan fingerprint density at radius 1 is 1.25 bits per heavy atom. The molecule has 1 aromatic carbocycles. The molecule has 0 unspecified atom stereocenters. The number of nitriles is 2. The largest absolute Gasteiger partial charge is 0.287 e. The van der Waals surface area contributed by atoms with E-state index in [-0.39, 0.29) is 17.7 Å². The van der Waals surface area contributed by atoms with Gasteiger partial charge in [-0.25, -0.2) is 0 Å². The molecule has 0 saturated carbocycles. The number of allylic oxidation sites excluding steroid dienone is 2. The van der Waals surface area contributed by atoms with Gasteiger partial charge in [-0.15, -0.1) is 13.2 Å². The van der Waals surface area contributed by atoms with Crippen LogP contribution < -0.4 is 0 Å². The first-order valence-electron chi connectivity index (χ1n) is 5.91. The zero-order chi connectivity index (χ0) is 15.1. The van der Waals surface area contributed by atoms with Gasteiger partial charge in [0.25, 0.3) is 5.69 Å². The topological polar surface area (TPSA) is 90.7 Å². The summed E-state index contributed by atoms with van der Waals surface area (Å²) in [4.78, 5) is 10.5. The first kappa shape index (κ1) is 15.1. The standard InChI is InChI=1S/C15H13N3O2/c1-3-5-11-9-15(18(19)20)14(10-17)13(6-4-2)12(11)7-8-16/h3-4,9H,1-2,5-7H2. The number of nitro benzene ring substituents is 1. The van der Waals surface area contributed by atoms with E-state index in [4.69, 9.17) is 5.26 Å². The molecule has 0 aliphatic carbocycles. The second-order valence-corrected chi connectivity index (χ2v) is 4.08. The summed E-state index contributed by atoms with van der Waals surface area (Å²) in [6.07, 6.45) is 4.00. The quantitative estimate of drug-likeness (QED) is 0.450. The van der Waals surface area contributed by atoms with Crippen LogP contribution in [0.2, 0.25) is 0 Å². The van der Waals surface area contributed by atoms with E-state index in [2.05, 4.69) is 13.2 Å². The highest BCUT2D eigenvalue weighted by atomic mass is 16.6. The van der Waals surface area contributed by atoms with Crippen molar-refractivity contribution in [3.63, 3.8) is 0 Å². The van der Waals surface area contributed by atoms with Crippen LogP contribution in [0.4, 0.5) is 5.69 Å². The lowest BCUT2D eigenvalue weighted by molar-refractivity contribution is -0.385. The highest BCUT2D eigenvalue weighted by molar-refractivity contribution is 5.60. The summed E-state index contributed by atoms with van der Waals surface area (Å²) in [5.41, 5.74) is 1.60. The summed E-state index contributed by atoms with van der Waals surface area (Å²) in [6, 6.07) is 5.27. The normalized spacial score (nSPS) is 9.30. The molecule has 0 bridgehead atoms. The van der Waals surface area contributed by atoms with Crippen LogP contribution in [0.15, 0.2) is 31.4 Å². The molecule has 0 aliphatic rings. The van der Waals surface area contributed by atoms with Crippen LogP contribution in [0.3, 0.4) is 0 Å². The number of hydrogen-bond acceptors (Lipinski definition) is 4. The number of nitro groups is 1. The second kappa shape index (κ2) is 6.86. The zero-order valence-corrected chi connectivity index (χ0v) is 10.9. The first-order valence-corrected chi connectivity index (χ1v) is 5.91. The molecule has 0 N–H and O–H groups in total. The molecule has 5 heteroatoms. The van der Waals surface area contributed by atoms with Crippen LogP contribution in [-0.4, -0.2) is 4.92 Å². The van der Waals surface area contributed by atoms with Crippen LogP contribution in [0.1, 0.15) is 22.3 Å². The fourth-order valence-corrected chi connectivity index (χ4v) is 2.10. The van der Waals surface area contributed by atoms with Gasteiger partial charge in [-0.2, -0.15) is 10.5 Å². The molecule has 1 rings (SSSR count). The maximum absolute atomic E-state index is 11.1. The summed E-state index contributed by atoms with van der Waals surface area (Å²) < 4.78 is 0. The number of benzene rings is 1. The number of rotatable bonds is 6. The molecular formula is C15H13N3O2. The Kier molecular flexibility index (Phi) is 5.20. The summed E-state index contributed by atoms with van der Waals surface area (Å²) in [7, 11) is 0. The SMILES string of the molecule is C=CCc1cc([N+](=O)[O-])c(C#N)c(CC=C)c1CC#N. The van der Waals surface area contributed by atoms with Gasteiger partial charge >= 0.3 is 0 Å². The first-order chi connectivity index (χ1) is 9.60. The fourth-order valence-electron chi connectivity index (χ4n) is 2.10. The number of nitrogens with zero attached hydrogens (tertiary/aromatic N) is 3. The van der Waals surface area contributed by atoms with Crippen molar-refractivity contribution in [3.8, 4) is 12.1 Å². The van der Waals surface area contributed by atoms with Crippen LogP contribution in [0.25, 0.3) is 0 Å². The van der Waals surface area contributed by atoms with Crippen molar-refractivity contribution in [2.75, 3.05) is 0 Å². The summed E-state index contributed by atoms with van der Waals surface area (Å²) in [5, 5.41) is 29.2. The van der Waals surface area contributed by atoms with E-state index < -0.39 is 4.92 Å². The van der Waals surface area contributed by atoms with Crippen molar-refractivity contribution < 1.29 is 4.92 Å². The van der Waals surface area contributed by atoms with Crippen molar-refractivity contribution in [2.45, 2.75) is 19.3 Å². The van der Waals surface area contributed by atoms with Crippen molar-refractivity contribution in [1.29, 1.82) is 10.5 Å². The third-order valence-corrected chi connectivity index (χ3v) is 2.90. The third-order valence-electron chi connectivity index (χ3n) is 2.90. The third kappa shape index (κ3) is 2.90. The lowest BCUT2D eigenvalue weighted by Crippen LogP contribution is -2.06. The van der Waals surface area contributed by atoms with E-state index in [0.29, 0.717) is 29.5 Å². The molecule has 0 spiro atoms. The Hall–Kier alpha value is -2.92. The minimum Gasteiger partial charge on any atom is -0.258 e. The van der Waals surface area contributed by atoms with Gasteiger partial charge in [0.1, 0.15) is 11.6 Å². The fraction of sp³-hybridized carbons (Fsp3) is 0.200. The Balaban J connectivity index is 3.75. The molecule has 5 nitrogen and oxygen atoms in total. The second-order valence-electron chi connectivity index (χ2n) is 4.08. The van der Waals surface area contributed by atoms with Crippen molar-refractivity contribution >= 4 is 5.69 Å².